The molecule has 0 unspecified atom stereocenters. The minimum Gasteiger partial charge on any atom is -0.481 e. The maximum Gasteiger partial charge on any atom is 0.309 e. The minimum absolute atomic E-state index is 0.566. The first-order valence-electron chi connectivity index (χ1n) is 9.04. The van der Waals surface area contributed by atoms with Gasteiger partial charge in [-0.1, -0.05) is 63.3 Å². The lowest BCUT2D eigenvalue weighted by molar-refractivity contribution is -0.147. The van der Waals surface area contributed by atoms with Crippen molar-refractivity contribution in [1.82, 2.24) is 0 Å². The second kappa shape index (κ2) is 13.6. The molecule has 0 aliphatic carbocycles. The van der Waals surface area contributed by atoms with Gasteiger partial charge in [0.05, 0.1) is 5.41 Å². The Morgan fingerprint density at radius 2 is 1.41 bits per heavy atom. The Labute approximate surface area is 137 Å². The van der Waals surface area contributed by atoms with Gasteiger partial charge in [0.15, 0.2) is 0 Å². The predicted molar refractivity (Wildman–Crippen MR) is 96.2 cm³/mol. The fraction of sp³-hybridized carbons (Fsp3) is 0.750. The summed E-state index contributed by atoms with van der Waals surface area (Å²) in [5.74, 6) is -0.682. The van der Waals surface area contributed by atoms with Crippen molar-refractivity contribution in [3.63, 3.8) is 0 Å². The molecule has 0 atom stereocenters. The van der Waals surface area contributed by atoms with Crippen molar-refractivity contribution in [3.8, 4) is 0 Å². The van der Waals surface area contributed by atoms with E-state index < -0.39 is 11.4 Å². The fourth-order valence-electron chi connectivity index (χ4n) is 2.31. The quantitative estimate of drug-likeness (QED) is 0.293. The highest BCUT2D eigenvalue weighted by molar-refractivity contribution is 5.73. The molecule has 0 aromatic heterocycles. The highest BCUT2D eigenvalue weighted by atomic mass is 16.4. The van der Waals surface area contributed by atoms with Gasteiger partial charge in [0, 0.05) is 0 Å². The monoisotopic (exact) mass is 308 g/mol. The zero-order chi connectivity index (χ0) is 16.7. The van der Waals surface area contributed by atoms with Crippen molar-refractivity contribution >= 4 is 5.97 Å². The van der Waals surface area contributed by atoms with Crippen LogP contribution in [0, 0.1) is 5.41 Å². The van der Waals surface area contributed by atoms with E-state index in [4.69, 9.17) is 5.11 Å². The Bertz CT molecular complexity index is 327. The smallest absolute Gasteiger partial charge is 0.309 e. The molecule has 0 aromatic rings. The summed E-state index contributed by atoms with van der Waals surface area (Å²) in [6.07, 6.45) is 21.8. The number of rotatable bonds is 14. The number of hydrogen-bond donors (Lipinski definition) is 1. The topological polar surface area (TPSA) is 37.3 Å². The highest BCUT2D eigenvalue weighted by Gasteiger charge is 2.25. The molecule has 0 aromatic carbocycles. The molecule has 0 rings (SSSR count). The van der Waals surface area contributed by atoms with E-state index in [2.05, 4.69) is 31.2 Å². The molecule has 0 saturated carbocycles. The van der Waals surface area contributed by atoms with Crippen molar-refractivity contribution in [1.29, 1.82) is 0 Å². The van der Waals surface area contributed by atoms with Crippen LogP contribution < -0.4 is 0 Å². The fourth-order valence-corrected chi connectivity index (χ4v) is 2.31. The lowest BCUT2D eigenvalue weighted by Crippen LogP contribution is -2.23. The number of unbranched alkanes of at least 4 members (excludes halogenated alkanes) is 7. The van der Waals surface area contributed by atoms with Gasteiger partial charge in [-0.2, -0.15) is 0 Å². The molecule has 0 aliphatic heterocycles. The molecule has 0 fully saturated rings. The van der Waals surface area contributed by atoms with E-state index in [1.165, 1.54) is 38.5 Å². The highest BCUT2D eigenvalue weighted by Crippen LogP contribution is 2.24. The third kappa shape index (κ3) is 12.7. The maximum absolute atomic E-state index is 11.0. The van der Waals surface area contributed by atoms with E-state index in [1.54, 1.807) is 0 Å². The van der Waals surface area contributed by atoms with Gasteiger partial charge >= 0.3 is 5.97 Å². The van der Waals surface area contributed by atoms with Crippen LogP contribution in [-0.2, 0) is 4.79 Å². The van der Waals surface area contributed by atoms with Crippen LogP contribution >= 0.6 is 0 Å². The normalized spacial score (nSPS) is 12.5. The molecule has 1 N–H and O–H groups in total. The van der Waals surface area contributed by atoms with Gasteiger partial charge in [0.1, 0.15) is 0 Å². The molecule has 0 saturated heterocycles. The van der Waals surface area contributed by atoms with E-state index in [9.17, 15) is 4.79 Å². The van der Waals surface area contributed by atoms with Crippen molar-refractivity contribution in [2.24, 2.45) is 5.41 Å². The summed E-state index contributed by atoms with van der Waals surface area (Å²) >= 11 is 0. The van der Waals surface area contributed by atoms with Crippen molar-refractivity contribution in [2.45, 2.75) is 91.4 Å². The molecule has 0 heterocycles. The predicted octanol–water partition coefficient (Wildman–Crippen LogP) is 6.52. The number of carboxylic acid groups (broad SMARTS) is 1. The van der Waals surface area contributed by atoms with Gasteiger partial charge in [0.25, 0.3) is 0 Å². The molecule has 0 spiro atoms. The number of allylic oxidation sites excluding steroid dienone is 4. The lowest BCUT2D eigenvalue weighted by Gasteiger charge is -2.18. The molecule has 0 bridgehead atoms. The van der Waals surface area contributed by atoms with Crippen LogP contribution in [0.3, 0.4) is 0 Å². The molecular formula is C20H36O2. The number of aliphatic carboxylic acids is 1. The van der Waals surface area contributed by atoms with Gasteiger partial charge in [-0.25, -0.2) is 0 Å². The molecule has 0 amide bonds. The van der Waals surface area contributed by atoms with E-state index >= 15 is 0 Å². The van der Waals surface area contributed by atoms with Crippen LogP contribution in [0.2, 0.25) is 0 Å². The summed E-state index contributed by atoms with van der Waals surface area (Å²) in [4.78, 5) is 11.0. The first-order valence-corrected chi connectivity index (χ1v) is 9.04. The van der Waals surface area contributed by atoms with E-state index in [-0.39, 0.29) is 0 Å². The van der Waals surface area contributed by atoms with Crippen LogP contribution in [0.15, 0.2) is 24.3 Å². The van der Waals surface area contributed by atoms with Crippen LogP contribution in [0.5, 0.6) is 0 Å². The molecule has 2 heteroatoms. The summed E-state index contributed by atoms with van der Waals surface area (Å²) in [6, 6.07) is 0. The molecule has 2 nitrogen and oxygen atoms in total. The Balaban J connectivity index is 3.39. The SMILES string of the molecule is CCCCCC=CCC=CCCCCCCC(C)(C)C(=O)O. The number of carbonyl (C=O) groups is 1. The Hall–Kier alpha value is -1.05. The molecule has 22 heavy (non-hydrogen) atoms. The summed E-state index contributed by atoms with van der Waals surface area (Å²) in [5, 5.41) is 9.03. The zero-order valence-corrected chi connectivity index (χ0v) is 14.9. The third-order valence-electron chi connectivity index (χ3n) is 4.08. The van der Waals surface area contributed by atoms with Gasteiger partial charge in [-0.15, -0.1) is 0 Å². The Morgan fingerprint density at radius 3 is 1.95 bits per heavy atom. The maximum atomic E-state index is 11.0. The standard InChI is InChI=1S/C20H36O2/c1-4-5-6-7-8-9-10-11-12-13-14-15-16-17-18-20(2,3)19(21)22/h8-9,11-12H,4-7,10,13-18H2,1-3H3,(H,21,22). The zero-order valence-electron chi connectivity index (χ0n) is 14.9. The molecule has 0 aliphatic rings. The largest absolute Gasteiger partial charge is 0.481 e. The van der Waals surface area contributed by atoms with Gasteiger partial charge in [0.2, 0.25) is 0 Å². The summed E-state index contributed by atoms with van der Waals surface area (Å²) in [5.41, 5.74) is -0.566. The Kier molecular flexibility index (Phi) is 13.0. The van der Waals surface area contributed by atoms with E-state index in [0.717, 1.165) is 32.1 Å². The number of carboxylic acids is 1. The van der Waals surface area contributed by atoms with Crippen LogP contribution in [0.1, 0.15) is 91.4 Å². The molecule has 0 radical (unpaired) electrons. The third-order valence-corrected chi connectivity index (χ3v) is 4.08. The van der Waals surface area contributed by atoms with Crippen molar-refractivity contribution in [2.75, 3.05) is 0 Å². The summed E-state index contributed by atoms with van der Waals surface area (Å²) < 4.78 is 0. The van der Waals surface area contributed by atoms with Crippen LogP contribution in [-0.4, -0.2) is 11.1 Å². The second-order valence-electron chi connectivity index (χ2n) is 6.82. The van der Waals surface area contributed by atoms with Crippen LogP contribution in [0.4, 0.5) is 0 Å². The molecular weight excluding hydrogens is 272 g/mol. The summed E-state index contributed by atoms with van der Waals surface area (Å²) in [7, 11) is 0. The first kappa shape index (κ1) is 20.9. The summed E-state index contributed by atoms with van der Waals surface area (Å²) in [6.45, 7) is 5.86. The van der Waals surface area contributed by atoms with Crippen LogP contribution in [0.25, 0.3) is 0 Å². The van der Waals surface area contributed by atoms with Gasteiger partial charge in [-0.3, -0.25) is 4.79 Å². The van der Waals surface area contributed by atoms with Crippen molar-refractivity contribution in [3.05, 3.63) is 24.3 Å². The van der Waals surface area contributed by atoms with Gasteiger partial charge < -0.3 is 5.11 Å². The minimum atomic E-state index is -0.682. The average Bonchev–Trinajstić information content (AvgIpc) is 2.47. The van der Waals surface area contributed by atoms with E-state index in [0.29, 0.717) is 0 Å². The van der Waals surface area contributed by atoms with Gasteiger partial charge in [-0.05, 0) is 52.4 Å². The average molecular weight is 309 g/mol. The first-order chi connectivity index (χ1) is 10.5. The second-order valence-corrected chi connectivity index (χ2v) is 6.82. The van der Waals surface area contributed by atoms with Crippen molar-refractivity contribution < 1.29 is 9.90 Å². The number of hydrogen-bond acceptors (Lipinski definition) is 1. The van der Waals surface area contributed by atoms with E-state index in [1.807, 2.05) is 13.8 Å². The Morgan fingerprint density at radius 1 is 0.864 bits per heavy atom. The molecule has 128 valence electrons. The lowest BCUT2D eigenvalue weighted by atomic mass is 9.87.